The van der Waals surface area contributed by atoms with Crippen LogP contribution in [-0.2, 0) is 0 Å². The SMILES string of the molecule is COc1cccc(Nc2cnnc(Nc3cccc(Cl)c3Cl)n2)c1. The van der Waals surface area contributed by atoms with E-state index in [0.717, 1.165) is 11.4 Å². The number of benzene rings is 2. The fourth-order valence-corrected chi connectivity index (χ4v) is 2.33. The van der Waals surface area contributed by atoms with Crippen LogP contribution in [0.15, 0.2) is 48.7 Å². The van der Waals surface area contributed by atoms with Gasteiger partial charge in [0.2, 0.25) is 5.95 Å². The van der Waals surface area contributed by atoms with Crippen LogP contribution in [0.25, 0.3) is 0 Å². The van der Waals surface area contributed by atoms with E-state index >= 15 is 0 Å². The minimum atomic E-state index is 0.298. The molecule has 0 radical (unpaired) electrons. The molecule has 3 rings (SSSR count). The number of ether oxygens (including phenoxy) is 1. The van der Waals surface area contributed by atoms with Crippen molar-refractivity contribution in [1.29, 1.82) is 0 Å². The Hall–Kier alpha value is -2.57. The summed E-state index contributed by atoms with van der Waals surface area (Å²) in [7, 11) is 1.61. The summed E-state index contributed by atoms with van der Waals surface area (Å²) < 4.78 is 5.19. The van der Waals surface area contributed by atoms with Crippen LogP contribution >= 0.6 is 23.2 Å². The number of nitrogens with zero attached hydrogens (tertiary/aromatic N) is 3. The smallest absolute Gasteiger partial charge is 0.249 e. The largest absolute Gasteiger partial charge is 0.497 e. The van der Waals surface area contributed by atoms with Crippen molar-refractivity contribution in [2.75, 3.05) is 17.7 Å². The minimum Gasteiger partial charge on any atom is -0.497 e. The van der Waals surface area contributed by atoms with Crippen LogP contribution in [0.3, 0.4) is 0 Å². The van der Waals surface area contributed by atoms with Crippen LogP contribution in [0.2, 0.25) is 10.0 Å². The number of aromatic nitrogens is 3. The predicted octanol–water partition coefficient (Wildman–Crippen LogP) is 4.67. The van der Waals surface area contributed by atoms with Crippen LogP contribution in [0.1, 0.15) is 0 Å². The van der Waals surface area contributed by atoms with E-state index in [1.165, 1.54) is 6.20 Å². The second-order valence-corrected chi connectivity index (χ2v) is 5.53. The Morgan fingerprint density at radius 3 is 2.71 bits per heavy atom. The molecule has 0 spiro atoms. The molecule has 122 valence electrons. The van der Waals surface area contributed by atoms with Crippen molar-refractivity contribution in [2.24, 2.45) is 0 Å². The Labute approximate surface area is 148 Å². The van der Waals surface area contributed by atoms with Crippen LogP contribution < -0.4 is 15.4 Å². The van der Waals surface area contributed by atoms with Gasteiger partial charge in [-0.15, -0.1) is 5.10 Å². The van der Waals surface area contributed by atoms with Crippen molar-refractivity contribution >= 4 is 46.3 Å². The van der Waals surface area contributed by atoms with Gasteiger partial charge >= 0.3 is 0 Å². The zero-order chi connectivity index (χ0) is 16.9. The zero-order valence-electron chi connectivity index (χ0n) is 12.6. The summed E-state index contributed by atoms with van der Waals surface area (Å²) in [6.07, 6.45) is 1.52. The third kappa shape index (κ3) is 3.84. The number of halogens is 2. The number of nitrogens with one attached hydrogen (secondary N) is 2. The summed E-state index contributed by atoms with van der Waals surface area (Å²) in [6, 6.07) is 12.7. The molecule has 2 N–H and O–H groups in total. The van der Waals surface area contributed by atoms with Crippen molar-refractivity contribution in [2.45, 2.75) is 0 Å². The molecule has 0 fully saturated rings. The van der Waals surface area contributed by atoms with Gasteiger partial charge in [-0.3, -0.25) is 0 Å². The van der Waals surface area contributed by atoms with E-state index in [9.17, 15) is 0 Å². The second-order valence-electron chi connectivity index (χ2n) is 4.75. The molecule has 0 amide bonds. The lowest BCUT2D eigenvalue weighted by Gasteiger charge is -2.10. The molecule has 0 atom stereocenters. The highest BCUT2D eigenvalue weighted by molar-refractivity contribution is 6.43. The molecular formula is C16H13Cl2N5O. The molecule has 0 aliphatic rings. The summed E-state index contributed by atoms with van der Waals surface area (Å²) in [5.74, 6) is 1.57. The molecular weight excluding hydrogens is 349 g/mol. The van der Waals surface area contributed by atoms with E-state index in [-0.39, 0.29) is 0 Å². The maximum atomic E-state index is 6.15. The molecule has 0 bridgehead atoms. The minimum absolute atomic E-state index is 0.298. The Morgan fingerprint density at radius 2 is 1.88 bits per heavy atom. The summed E-state index contributed by atoms with van der Waals surface area (Å²) in [6.45, 7) is 0. The molecule has 0 unspecified atom stereocenters. The average molecular weight is 362 g/mol. The van der Waals surface area contributed by atoms with Gasteiger partial charge in [0, 0.05) is 11.8 Å². The van der Waals surface area contributed by atoms with E-state index in [1.807, 2.05) is 24.3 Å². The number of hydrogen-bond acceptors (Lipinski definition) is 6. The van der Waals surface area contributed by atoms with Gasteiger partial charge in [0.15, 0.2) is 5.82 Å². The van der Waals surface area contributed by atoms with Crippen molar-refractivity contribution < 1.29 is 4.74 Å². The molecule has 8 heteroatoms. The van der Waals surface area contributed by atoms with Gasteiger partial charge in [0.1, 0.15) is 5.75 Å². The lowest BCUT2D eigenvalue weighted by molar-refractivity contribution is 0.415. The first kappa shape index (κ1) is 16.3. The highest BCUT2D eigenvalue weighted by Crippen LogP contribution is 2.31. The normalized spacial score (nSPS) is 10.3. The monoisotopic (exact) mass is 361 g/mol. The van der Waals surface area contributed by atoms with Gasteiger partial charge in [0.05, 0.1) is 29.0 Å². The standard InChI is InChI=1S/C16H13Cl2N5O/c1-24-11-5-2-4-10(8-11)20-14-9-19-23-16(22-14)21-13-7-3-6-12(17)15(13)18/h2-9H,1H3,(H2,20,21,22,23). The number of rotatable bonds is 5. The molecule has 0 saturated heterocycles. The molecule has 1 aromatic heterocycles. The summed E-state index contributed by atoms with van der Waals surface area (Å²) >= 11 is 12.1. The summed E-state index contributed by atoms with van der Waals surface area (Å²) in [5, 5.41) is 14.8. The van der Waals surface area contributed by atoms with Crippen molar-refractivity contribution in [3.8, 4) is 5.75 Å². The van der Waals surface area contributed by atoms with Gasteiger partial charge in [-0.05, 0) is 24.3 Å². The molecule has 24 heavy (non-hydrogen) atoms. The van der Waals surface area contributed by atoms with E-state index in [2.05, 4.69) is 25.8 Å². The number of hydrogen-bond donors (Lipinski definition) is 2. The van der Waals surface area contributed by atoms with Gasteiger partial charge in [0.25, 0.3) is 0 Å². The predicted molar refractivity (Wildman–Crippen MR) is 95.8 cm³/mol. The van der Waals surface area contributed by atoms with Crippen molar-refractivity contribution in [1.82, 2.24) is 15.2 Å². The first-order valence-electron chi connectivity index (χ1n) is 6.97. The van der Waals surface area contributed by atoms with Crippen LogP contribution in [0.4, 0.5) is 23.1 Å². The Morgan fingerprint density at radius 1 is 1.04 bits per heavy atom. The Bertz CT molecular complexity index is 859. The number of anilines is 4. The molecule has 2 aromatic carbocycles. The lowest BCUT2D eigenvalue weighted by atomic mass is 10.3. The fourth-order valence-electron chi connectivity index (χ4n) is 1.99. The third-order valence-corrected chi connectivity index (χ3v) is 3.92. The first-order valence-corrected chi connectivity index (χ1v) is 7.73. The van der Waals surface area contributed by atoms with Gasteiger partial charge in [-0.25, -0.2) is 0 Å². The lowest BCUT2D eigenvalue weighted by Crippen LogP contribution is -2.02. The summed E-state index contributed by atoms with van der Waals surface area (Å²) in [5.41, 5.74) is 1.42. The van der Waals surface area contributed by atoms with Crippen LogP contribution in [0, 0.1) is 0 Å². The molecule has 1 heterocycles. The maximum Gasteiger partial charge on any atom is 0.249 e. The average Bonchev–Trinajstić information content (AvgIpc) is 2.59. The highest BCUT2D eigenvalue weighted by atomic mass is 35.5. The molecule has 0 aliphatic heterocycles. The van der Waals surface area contributed by atoms with E-state index < -0.39 is 0 Å². The van der Waals surface area contributed by atoms with Gasteiger partial charge < -0.3 is 15.4 Å². The Balaban J connectivity index is 1.80. The van der Waals surface area contributed by atoms with E-state index in [4.69, 9.17) is 27.9 Å². The Kier molecular flexibility index (Phi) is 4.98. The molecule has 3 aromatic rings. The van der Waals surface area contributed by atoms with Gasteiger partial charge in [-0.1, -0.05) is 35.3 Å². The second kappa shape index (κ2) is 7.33. The molecule has 6 nitrogen and oxygen atoms in total. The number of methoxy groups -OCH3 is 1. The fraction of sp³-hybridized carbons (Fsp3) is 0.0625. The van der Waals surface area contributed by atoms with E-state index in [0.29, 0.717) is 27.5 Å². The van der Waals surface area contributed by atoms with Crippen LogP contribution in [-0.4, -0.2) is 22.3 Å². The highest BCUT2D eigenvalue weighted by Gasteiger charge is 2.07. The van der Waals surface area contributed by atoms with Gasteiger partial charge in [-0.2, -0.15) is 10.1 Å². The molecule has 0 saturated carbocycles. The van der Waals surface area contributed by atoms with Crippen molar-refractivity contribution in [3.63, 3.8) is 0 Å². The topological polar surface area (TPSA) is 72.0 Å². The zero-order valence-corrected chi connectivity index (χ0v) is 14.1. The van der Waals surface area contributed by atoms with Crippen LogP contribution in [0.5, 0.6) is 5.75 Å². The van der Waals surface area contributed by atoms with Crippen molar-refractivity contribution in [3.05, 3.63) is 58.7 Å². The first-order chi connectivity index (χ1) is 11.7. The third-order valence-electron chi connectivity index (χ3n) is 3.10. The maximum absolute atomic E-state index is 6.15. The molecule has 0 aliphatic carbocycles. The van der Waals surface area contributed by atoms with E-state index in [1.54, 1.807) is 25.3 Å². The quantitative estimate of drug-likeness (QED) is 0.687. The summed E-state index contributed by atoms with van der Waals surface area (Å²) in [4.78, 5) is 4.35.